The number of aromatic carboxylic acids is 2. The summed E-state index contributed by atoms with van der Waals surface area (Å²) in [4.78, 5) is 114. The predicted octanol–water partition coefficient (Wildman–Crippen LogP) is 5.50. The molecule has 10 rings (SSSR count). The third-order valence-electron chi connectivity index (χ3n) is 15.9. The summed E-state index contributed by atoms with van der Waals surface area (Å²) in [5.74, 6) is -3.28. The Kier molecular flexibility index (Phi) is 23.5. The van der Waals surface area contributed by atoms with Crippen LogP contribution in [0.25, 0.3) is 0 Å². The largest absolute Gasteiger partial charge is 0.478 e. The second kappa shape index (κ2) is 32.1. The van der Waals surface area contributed by atoms with Gasteiger partial charge in [-0.05, 0) is 170 Å². The molecule has 0 spiro atoms. The van der Waals surface area contributed by atoms with Crippen LogP contribution in [0.4, 0.5) is 22.7 Å². The van der Waals surface area contributed by atoms with Crippen LogP contribution in [-0.4, -0.2) is 137 Å². The average molecular weight is 1290 g/mol. The van der Waals surface area contributed by atoms with Crippen LogP contribution in [-0.2, 0) is 44.8 Å². The average Bonchev–Trinajstić information content (AvgIpc) is 1.68. The number of carbonyl (C=O) groups is 7. The Bertz CT molecular complexity index is 4060. The summed E-state index contributed by atoms with van der Waals surface area (Å²) in [7, 11) is 1.27. The van der Waals surface area contributed by atoms with Gasteiger partial charge in [0.05, 0.1) is 75.9 Å². The highest BCUT2D eigenvalue weighted by molar-refractivity contribution is 6.12. The van der Waals surface area contributed by atoms with E-state index in [2.05, 4.69) is 35.6 Å². The zero-order chi connectivity index (χ0) is 68.5. The normalized spacial score (nSPS) is 13.6. The molecule has 4 aliphatic rings. The Morgan fingerprint density at radius 1 is 0.442 bits per heavy atom. The van der Waals surface area contributed by atoms with Crippen LogP contribution < -0.4 is 50.8 Å². The number of nitrogens with zero attached hydrogens (tertiary/aromatic N) is 7. The Balaban J connectivity index is 0.000000228. The molecule has 26 nitrogen and oxygen atoms in total. The van der Waals surface area contributed by atoms with Crippen LogP contribution in [0.15, 0.2) is 156 Å². The number of nitrogens with two attached hydrogens (primary N) is 7. The highest BCUT2D eigenvalue weighted by Gasteiger charge is 2.27. The monoisotopic (exact) mass is 1290 g/mol. The van der Waals surface area contributed by atoms with Crippen LogP contribution >= 0.6 is 0 Å². The third-order valence-corrected chi connectivity index (χ3v) is 15.9. The molecule has 0 radical (unpaired) electrons. The van der Waals surface area contributed by atoms with Gasteiger partial charge >= 0.3 is 17.9 Å². The van der Waals surface area contributed by atoms with Crippen LogP contribution in [0.2, 0.25) is 0 Å². The molecule has 2 amide bonds. The number of amides is 2. The third kappa shape index (κ3) is 19.0. The first-order valence-corrected chi connectivity index (χ1v) is 30.6. The molecule has 0 bridgehead atoms. The first-order valence-electron chi connectivity index (χ1n) is 30.6. The van der Waals surface area contributed by atoms with E-state index in [-0.39, 0.29) is 52.5 Å². The zero-order valence-electron chi connectivity index (χ0n) is 52.8. The van der Waals surface area contributed by atoms with Crippen molar-refractivity contribution < 1.29 is 48.5 Å². The molecule has 6 aromatic rings. The van der Waals surface area contributed by atoms with Crippen LogP contribution in [0, 0.1) is 0 Å². The molecule has 95 heavy (non-hydrogen) atoms. The summed E-state index contributed by atoms with van der Waals surface area (Å²) in [6.07, 6.45) is 5.41. The van der Waals surface area contributed by atoms with Crippen molar-refractivity contribution in [2.45, 2.75) is 96.2 Å². The highest BCUT2D eigenvalue weighted by Crippen LogP contribution is 2.35. The van der Waals surface area contributed by atoms with Crippen molar-refractivity contribution in [3.63, 3.8) is 0 Å². The van der Waals surface area contributed by atoms with Crippen molar-refractivity contribution >= 4 is 105 Å². The number of methoxy groups -OCH3 is 1. The number of esters is 1. The van der Waals surface area contributed by atoms with Crippen LogP contribution in [0.3, 0.4) is 0 Å². The van der Waals surface area contributed by atoms with Gasteiger partial charge in [-0.1, -0.05) is 48.5 Å². The smallest absolute Gasteiger partial charge is 0.335 e. The fourth-order valence-corrected chi connectivity index (χ4v) is 10.7. The van der Waals surface area contributed by atoms with Gasteiger partial charge in [0.1, 0.15) is 11.8 Å². The van der Waals surface area contributed by atoms with Gasteiger partial charge in [-0.25, -0.2) is 14.4 Å². The van der Waals surface area contributed by atoms with Gasteiger partial charge < -0.3 is 65.7 Å². The Morgan fingerprint density at radius 3 is 1.03 bits per heavy atom. The number of ketones is 2. The number of carboxylic acids is 2. The van der Waals surface area contributed by atoms with Gasteiger partial charge in [0.25, 0.3) is 11.8 Å². The molecule has 492 valence electrons. The standard InChI is InChI=1S/C38H44N10O5.C24H16N2O4.C7H16N4O/c1-21(49)28(5-3-15-43-37(39)40)47-34(50)24-11-13-29-26(17-24)19-32(45-29)22-7-9-23(10-8-22)33-20-27-18-25(12-14-30(27)46-33)35(51)48-31(36(52)53-2)6-4-16-44-38(41)42;27-23(28)15-5-7-19-17(9-15)11-21(25-19)13-1-2-14(4-3-13)22-12-18-10-16(24(29)30)6-8-20(18)26-22;1-5(12)6(8)3-2-4-11-7(9)10/h7-14,17-18,28,31H,3-6,15-16,19-20H2,1-2H3,(H,47,50)(H,48,51)(H4,39,40,43)(H4,41,42,44);1-10H,11-12H2,(H,27,28)(H,29,30);6H,2-4,8H2,1H3,(H4,9,10,11)/t28-,31-;;6-/m0.0/s1. The Labute approximate surface area is 547 Å². The number of nitrogens with one attached hydrogen (secondary N) is 2. The number of hydrogen-bond donors (Lipinski definition) is 11. The van der Waals surface area contributed by atoms with Gasteiger partial charge in [0.2, 0.25) is 0 Å². The van der Waals surface area contributed by atoms with E-state index in [1.165, 1.54) is 21.0 Å². The highest BCUT2D eigenvalue weighted by atomic mass is 16.5. The molecule has 6 aromatic carbocycles. The second-order valence-corrected chi connectivity index (χ2v) is 22.8. The summed E-state index contributed by atoms with van der Waals surface area (Å²) in [5.41, 5.74) is 52.8. The topological polar surface area (TPSA) is 462 Å². The van der Waals surface area contributed by atoms with Crippen molar-refractivity contribution in [2.75, 3.05) is 26.7 Å². The molecule has 0 saturated heterocycles. The molecule has 0 unspecified atom stereocenters. The molecule has 3 atom stereocenters. The van der Waals surface area contributed by atoms with Gasteiger partial charge in [-0.3, -0.25) is 54.1 Å². The van der Waals surface area contributed by atoms with Gasteiger partial charge in [0.15, 0.2) is 23.7 Å². The van der Waals surface area contributed by atoms with Gasteiger partial charge in [-0.15, -0.1) is 0 Å². The van der Waals surface area contributed by atoms with Gasteiger partial charge in [-0.2, -0.15) is 0 Å². The lowest BCUT2D eigenvalue weighted by atomic mass is 9.98. The molecule has 18 N–H and O–H groups in total. The quantitative estimate of drug-likeness (QED) is 0.0146. The number of rotatable bonds is 25. The first-order chi connectivity index (χ1) is 45.4. The van der Waals surface area contributed by atoms with Crippen molar-refractivity contribution in [1.82, 2.24) is 10.6 Å². The zero-order valence-corrected chi connectivity index (χ0v) is 52.8. The van der Waals surface area contributed by atoms with E-state index < -0.39 is 35.9 Å². The molecular weight excluding hydrogens is 1210 g/mol. The van der Waals surface area contributed by atoms with Crippen molar-refractivity contribution in [3.05, 3.63) is 188 Å². The van der Waals surface area contributed by atoms with Crippen molar-refractivity contribution in [3.8, 4) is 0 Å². The fourth-order valence-electron chi connectivity index (χ4n) is 10.7. The molecule has 26 heteroatoms. The maximum absolute atomic E-state index is 13.1. The van der Waals surface area contributed by atoms with Crippen molar-refractivity contribution in [1.29, 1.82) is 0 Å². The number of hydrogen-bond acceptors (Lipinski definition) is 16. The Hall–Kier alpha value is -11.5. The number of Topliss-reactive ketones (excluding diaryl/α,β-unsaturated/α-hetero) is 2. The summed E-state index contributed by atoms with van der Waals surface area (Å²) >= 11 is 0. The lowest BCUT2D eigenvalue weighted by molar-refractivity contribution is -0.143. The van der Waals surface area contributed by atoms with Crippen LogP contribution in [0.5, 0.6) is 0 Å². The predicted molar refractivity (Wildman–Crippen MR) is 366 cm³/mol. The number of guanidine groups is 3. The summed E-state index contributed by atoms with van der Waals surface area (Å²) in [5, 5.41) is 23.9. The number of carboxylic acid groups (broad SMARTS) is 2. The lowest BCUT2D eigenvalue weighted by Gasteiger charge is -2.16. The first kappa shape index (κ1) is 69.4. The SMILES string of the molecule is CC(=O)[C@@H](N)CCCN=C(N)N.COC(=O)[C@H](CCCN=C(N)N)NC(=O)c1ccc2c(c1)CC(c1ccc(C3=Nc4ccc(C(=O)N[C@@H](CCCN=C(N)N)C(C)=O)cc4C3)cc1)=N2.O=C(O)c1ccc2c(c1)CC(c1ccc(C3=Nc4ccc(C(=O)O)cc4C3)cc1)=N2. The molecule has 0 saturated carbocycles. The lowest BCUT2D eigenvalue weighted by Crippen LogP contribution is -2.41. The van der Waals surface area contributed by atoms with Crippen LogP contribution in [0.1, 0.15) is 138 Å². The maximum Gasteiger partial charge on any atom is 0.335 e. The number of carbonyl (C=O) groups excluding carboxylic acids is 5. The van der Waals surface area contributed by atoms with Gasteiger partial charge in [0, 0.05) is 56.4 Å². The number of benzene rings is 6. The van der Waals surface area contributed by atoms with E-state index in [1.807, 2.05) is 60.7 Å². The van der Waals surface area contributed by atoms with E-state index in [4.69, 9.17) is 65.1 Å². The Morgan fingerprint density at radius 2 is 0.737 bits per heavy atom. The molecule has 0 fully saturated rings. The molecular formula is C69H76N16O10. The van der Waals surface area contributed by atoms with Crippen molar-refractivity contribution in [2.24, 2.45) is 75.1 Å². The minimum absolute atomic E-state index is 0.000278. The van der Waals surface area contributed by atoms with E-state index in [0.717, 1.165) is 96.5 Å². The maximum atomic E-state index is 13.1. The fraction of sp³-hybridized carbons (Fsp3) is 0.275. The molecule has 0 aliphatic carbocycles. The van der Waals surface area contributed by atoms with E-state index >= 15 is 0 Å². The number of ether oxygens (including phenoxy) is 1. The number of aliphatic imine (C=N–C) groups is 7. The molecule has 0 aromatic heterocycles. The van der Waals surface area contributed by atoms with E-state index in [9.17, 15) is 33.6 Å². The number of fused-ring (bicyclic) bond motifs is 4. The minimum atomic E-state index is -0.940. The minimum Gasteiger partial charge on any atom is -0.478 e. The summed E-state index contributed by atoms with van der Waals surface area (Å²) < 4.78 is 4.87. The second-order valence-electron chi connectivity index (χ2n) is 22.8. The van der Waals surface area contributed by atoms with E-state index in [0.29, 0.717) is 88.5 Å². The molecule has 4 aliphatic heterocycles. The summed E-state index contributed by atoms with van der Waals surface area (Å²) in [6.45, 7) is 4.15. The van der Waals surface area contributed by atoms with E-state index in [1.54, 1.807) is 60.7 Å². The molecule has 4 heterocycles. The summed E-state index contributed by atoms with van der Waals surface area (Å²) in [6, 6.07) is 34.7.